The fourth-order valence-electron chi connectivity index (χ4n) is 1.91. The van der Waals surface area contributed by atoms with E-state index in [9.17, 15) is 4.79 Å². The monoisotopic (exact) mass is 237 g/mol. The highest BCUT2D eigenvalue weighted by Crippen LogP contribution is 2.53. The van der Waals surface area contributed by atoms with Gasteiger partial charge in [-0.25, -0.2) is 4.79 Å². The van der Waals surface area contributed by atoms with E-state index in [1.807, 2.05) is 19.1 Å². The molecule has 1 aliphatic carbocycles. The molecule has 1 aromatic carbocycles. The van der Waals surface area contributed by atoms with Crippen LogP contribution in [0.1, 0.15) is 24.0 Å². The Morgan fingerprint density at radius 2 is 2.19 bits per heavy atom. The Bertz CT molecular complexity index is 474. The molecule has 1 saturated carbocycles. The van der Waals surface area contributed by atoms with Crippen molar-refractivity contribution in [3.63, 3.8) is 0 Å². The highest BCUT2D eigenvalue weighted by atomic mass is 35.5. The maximum atomic E-state index is 10.4. The van der Waals surface area contributed by atoms with E-state index in [0.717, 1.165) is 24.0 Å². The van der Waals surface area contributed by atoms with Crippen molar-refractivity contribution in [2.45, 2.75) is 25.3 Å². The average Bonchev–Trinajstić information content (AvgIpc) is 3.00. The zero-order valence-electron chi connectivity index (χ0n) is 9.21. The van der Waals surface area contributed by atoms with Gasteiger partial charge in [-0.3, -0.25) is 0 Å². The zero-order chi connectivity index (χ0) is 11.8. The summed E-state index contributed by atoms with van der Waals surface area (Å²) in [5.41, 5.74) is 1.39. The van der Waals surface area contributed by atoms with Gasteiger partial charge in [0.15, 0.2) is 0 Å². The Balaban J connectivity index is 2.55. The summed E-state index contributed by atoms with van der Waals surface area (Å²) in [6.07, 6.45) is 3.31. The normalized spacial score (nSPS) is 16.4. The van der Waals surface area contributed by atoms with Gasteiger partial charge >= 0.3 is 0 Å². The number of aryl methyl sites for hydroxylation is 1. The number of isocyanates is 1. The molecular formula is C12H12ClNO2. The number of aliphatic imine (C=N–C) groups is 1. The van der Waals surface area contributed by atoms with Gasteiger partial charge in [0.05, 0.1) is 17.7 Å². The van der Waals surface area contributed by atoms with Crippen LogP contribution in [0.5, 0.6) is 5.75 Å². The molecule has 0 N–H and O–H groups in total. The maximum Gasteiger partial charge on any atom is 0.235 e. The zero-order valence-corrected chi connectivity index (χ0v) is 9.97. The minimum atomic E-state index is -0.445. The number of hydrogen-bond acceptors (Lipinski definition) is 3. The van der Waals surface area contributed by atoms with Crippen molar-refractivity contribution >= 4 is 17.7 Å². The SMILES string of the molecule is COc1c(C)ccc(C2(N=C=O)CC2)c1Cl. The van der Waals surface area contributed by atoms with Crippen LogP contribution in [0.25, 0.3) is 0 Å². The molecule has 3 nitrogen and oxygen atoms in total. The molecule has 1 aromatic rings. The molecule has 0 radical (unpaired) electrons. The molecule has 2 rings (SSSR count). The van der Waals surface area contributed by atoms with Gasteiger partial charge < -0.3 is 4.74 Å². The fraction of sp³-hybridized carbons (Fsp3) is 0.417. The number of methoxy groups -OCH3 is 1. The molecule has 16 heavy (non-hydrogen) atoms. The lowest BCUT2D eigenvalue weighted by Gasteiger charge is -2.15. The molecule has 1 aliphatic rings. The average molecular weight is 238 g/mol. The van der Waals surface area contributed by atoms with Crippen LogP contribution >= 0.6 is 11.6 Å². The predicted molar refractivity (Wildman–Crippen MR) is 61.8 cm³/mol. The summed E-state index contributed by atoms with van der Waals surface area (Å²) in [7, 11) is 1.58. The van der Waals surface area contributed by atoms with Gasteiger partial charge in [-0.05, 0) is 25.3 Å². The molecule has 0 spiro atoms. The lowest BCUT2D eigenvalue weighted by atomic mass is 10.0. The summed E-state index contributed by atoms with van der Waals surface area (Å²) >= 11 is 6.26. The number of carbonyl (C=O) groups excluding carboxylic acids is 1. The molecule has 0 atom stereocenters. The van der Waals surface area contributed by atoms with Crippen LogP contribution < -0.4 is 4.74 Å². The first-order chi connectivity index (χ1) is 7.64. The second-order valence-corrected chi connectivity index (χ2v) is 4.39. The van der Waals surface area contributed by atoms with Crippen molar-refractivity contribution in [3.05, 3.63) is 28.3 Å². The first-order valence-electron chi connectivity index (χ1n) is 5.07. The summed E-state index contributed by atoms with van der Waals surface area (Å²) in [5, 5.41) is 0.555. The quantitative estimate of drug-likeness (QED) is 0.599. The van der Waals surface area contributed by atoms with Gasteiger partial charge in [0.25, 0.3) is 0 Å². The molecule has 0 aromatic heterocycles. The Morgan fingerprint density at radius 3 is 2.69 bits per heavy atom. The highest BCUT2D eigenvalue weighted by Gasteiger charge is 2.46. The fourth-order valence-corrected chi connectivity index (χ4v) is 2.37. The van der Waals surface area contributed by atoms with Crippen molar-refractivity contribution in [2.75, 3.05) is 7.11 Å². The third kappa shape index (κ3) is 1.62. The molecule has 0 bridgehead atoms. The molecule has 0 saturated heterocycles. The van der Waals surface area contributed by atoms with Crippen molar-refractivity contribution < 1.29 is 9.53 Å². The van der Waals surface area contributed by atoms with E-state index in [1.54, 1.807) is 13.2 Å². The van der Waals surface area contributed by atoms with E-state index in [1.165, 1.54) is 0 Å². The van der Waals surface area contributed by atoms with E-state index in [4.69, 9.17) is 16.3 Å². The number of nitrogens with zero attached hydrogens (tertiary/aromatic N) is 1. The molecule has 0 unspecified atom stereocenters. The van der Waals surface area contributed by atoms with Crippen molar-refractivity contribution in [1.82, 2.24) is 0 Å². The van der Waals surface area contributed by atoms with Crippen molar-refractivity contribution in [3.8, 4) is 5.75 Å². The Labute approximate surface area is 99.1 Å². The highest BCUT2D eigenvalue weighted by molar-refractivity contribution is 6.33. The predicted octanol–water partition coefficient (Wildman–Crippen LogP) is 2.98. The number of rotatable bonds is 3. The number of benzene rings is 1. The summed E-state index contributed by atoms with van der Waals surface area (Å²) < 4.78 is 5.25. The molecule has 0 heterocycles. The minimum Gasteiger partial charge on any atom is -0.495 e. The lowest BCUT2D eigenvalue weighted by Crippen LogP contribution is -2.04. The van der Waals surface area contributed by atoms with E-state index < -0.39 is 5.54 Å². The Kier molecular flexibility index (Phi) is 2.75. The van der Waals surface area contributed by atoms with Gasteiger partial charge in [-0.15, -0.1) is 0 Å². The van der Waals surface area contributed by atoms with Gasteiger partial charge in [0.2, 0.25) is 6.08 Å². The Morgan fingerprint density at radius 1 is 1.50 bits per heavy atom. The second-order valence-electron chi connectivity index (χ2n) is 4.01. The summed E-state index contributed by atoms with van der Waals surface area (Å²) in [6.45, 7) is 1.93. The molecule has 0 aliphatic heterocycles. The summed E-state index contributed by atoms with van der Waals surface area (Å²) in [5.74, 6) is 0.659. The van der Waals surface area contributed by atoms with Crippen LogP contribution in [-0.4, -0.2) is 13.2 Å². The molecule has 4 heteroatoms. The first kappa shape index (κ1) is 11.2. The van der Waals surface area contributed by atoms with E-state index in [-0.39, 0.29) is 0 Å². The standard InChI is InChI=1S/C12H12ClNO2/c1-8-3-4-9(10(13)11(8)16-2)12(5-6-12)14-7-15/h3-4H,5-6H2,1-2H3. The van der Waals surface area contributed by atoms with Crippen molar-refractivity contribution in [2.24, 2.45) is 4.99 Å². The molecule has 0 amide bonds. The van der Waals surface area contributed by atoms with Crippen LogP contribution in [0.4, 0.5) is 0 Å². The molecule has 1 fully saturated rings. The largest absolute Gasteiger partial charge is 0.495 e. The topological polar surface area (TPSA) is 38.7 Å². The lowest BCUT2D eigenvalue weighted by molar-refractivity contribution is 0.411. The van der Waals surface area contributed by atoms with Gasteiger partial charge in [-0.2, -0.15) is 4.99 Å². The minimum absolute atomic E-state index is 0.445. The molecule has 84 valence electrons. The summed E-state index contributed by atoms with van der Waals surface area (Å²) in [6, 6.07) is 3.84. The van der Waals surface area contributed by atoms with Crippen molar-refractivity contribution in [1.29, 1.82) is 0 Å². The first-order valence-corrected chi connectivity index (χ1v) is 5.45. The van der Waals surface area contributed by atoms with E-state index >= 15 is 0 Å². The van der Waals surface area contributed by atoms with E-state index in [0.29, 0.717) is 10.8 Å². The van der Waals surface area contributed by atoms with Crippen LogP contribution in [0, 0.1) is 6.92 Å². The van der Waals surface area contributed by atoms with Crippen LogP contribution in [-0.2, 0) is 10.3 Å². The van der Waals surface area contributed by atoms with Crippen LogP contribution in [0.15, 0.2) is 17.1 Å². The Hall–Kier alpha value is -1.31. The van der Waals surface area contributed by atoms with Crippen LogP contribution in [0.2, 0.25) is 5.02 Å². The van der Waals surface area contributed by atoms with Gasteiger partial charge in [-0.1, -0.05) is 23.7 Å². The van der Waals surface area contributed by atoms with Gasteiger partial charge in [0.1, 0.15) is 5.75 Å². The second kappa shape index (κ2) is 3.93. The number of halogens is 1. The maximum absolute atomic E-state index is 10.4. The summed E-state index contributed by atoms with van der Waals surface area (Å²) in [4.78, 5) is 14.3. The van der Waals surface area contributed by atoms with Crippen LogP contribution in [0.3, 0.4) is 0 Å². The third-order valence-electron chi connectivity index (χ3n) is 2.98. The third-order valence-corrected chi connectivity index (χ3v) is 3.36. The number of ether oxygens (including phenoxy) is 1. The van der Waals surface area contributed by atoms with E-state index in [2.05, 4.69) is 4.99 Å². The van der Waals surface area contributed by atoms with Gasteiger partial charge in [0, 0.05) is 5.56 Å². The smallest absolute Gasteiger partial charge is 0.235 e. The number of hydrogen-bond donors (Lipinski definition) is 0. The molecular weight excluding hydrogens is 226 g/mol.